The molecular weight excluding hydrogens is 247 g/mol. The van der Waals surface area contributed by atoms with Gasteiger partial charge in [-0.3, -0.25) is 0 Å². The first-order chi connectivity index (χ1) is 9.43. The minimum Gasteiger partial charge on any atom is -0.0775 e. The predicted molar refractivity (Wildman–Crippen MR) is 90.5 cm³/mol. The second-order valence-electron chi connectivity index (χ2n) is 6.38. The Bertz CT molecular complexity index is 169. The topological polar surface area (TPSA) is 0 Å². The first-order valence-corrected chi connectivity index (χ1v) is 10.2. The van der Waals surface area contributed by atoms with Crippen LogP contribution in [0.25, 0.3) is 0 Å². The van der Waals surface area contributed by atoms with Gasteiger partial charge in [0, 0.05) is 0 Å². The smallest absolute Gasteiger partial charge is 0.0170 e. The van der Waals surface area contributed by atoms with E-state index in [-0.39, 0.29) is 0 Å². The van der Waals surface area contributed by atoms with Crippen molar-refractivity contribution in [3.05, 3.63) is 0 Å². The third kappa shape index (κ3) is 10.8. The van der Waals surface area contributed by atoms with Gasteiger partial charge in [-0.25, -0.2) is 0 Å². The van der Waals surface area contributed by atoms with Crippen molar-refractivity contribution in [1.29, 1.82) is 0 Å². The molecule has 1 saturated carbocycles. The van der Waals surface area contributed by atoms with E-state index >= 15 is 0 Å². The van der Waals surface area contributed by atoms with Crippen LogP contribution in [0.4, 0.5) is 0 Å². The molecule has 0 spiro atoms. The Morgan fingerprint density at radius 2 is 1.21 bits per heavy atom. The molecule has 1 rings (SSSR count). The van der Waals surface area contributed by atoms with Crippen LogP contribution < -0.4 is 0 Å². The van der Waals surface area contributed by atoms with Gasteiger partial charge in [0.2, 0.25) is 0 Å². The molecule has 0 N–H and O–H groups in total. The van der Waals surface area contributed by atoms with Crippen molar-refractivity contribution in [3.63, 3.8) is 0 Å². The average Bonchev–Trinajstić information content (AvgIpc) is 2.55. The Morgan fingerprint density at radius 1 is 0.684 bits per heavy atom. The van der Waals surface area contributed by atoms with Crippen LogP contribution in [0.5, 0.6) is 0 Å². The maximum Gasteiger partial charge on any atom is -0.0170 e. The lowest BCUT2D eigenvalue weighted by Crippen LogP contribution is -2.01. The molecule has 0 nitrogen and oxygen atoms in total. The van der Waals surface area contributed by atoms with Gasteiger partial charge in [0.25, 0.3) is 0 Å². The lowest BCUT2D eigenvalue weighted by molar-refractivity contribution is 0.601. The second kappa shape index (κ2) is 13.4. The Kier molecular flexibility index (Phi) is 12.3. The maximum atomic E-state index is 2.30. The summed E-state index contributed by atoms with van der Waals surface area (Å²) < 4.78 is 0. The SMILES string of the molecule is CCCCCCCCC[P]C1CCCCCCCC1. The monoisotopic (exact) mass is 283 g/mol. The minimum absolute atomic E-state index is 1.05. The van der Waals surface area contributed by atoms with Gasteiger partial charge in [-0.1, -0.05) is 92.6 Å². The van der Waals surface area contributed by atoms with Gasteiger partial charge in [0.05, 0.1) is 0 Å². The molecule has 1 fully saturated rings. The maximum absolute atomic E-state index is 2.30. The third-order valence-electron chi connectivity index (χ3n) is 4.47. The normalized spacial score (nSPS) is 19.4. The molecule has 0 unspecified atom stereocenters. The van der Waals surface area contributed by atoms with E-state index in [2.05, 4.69) is 6.92 Å². The summed E-state index contributed by atoms with van der Waals surface area (Å²) in [5, 5.41) is 0. The molecule has 0 aromatic heterocycles. The summed E-state index contributed by atoms with van der Waals surface area (Å²) in [5.74, 6) is 0. The van der Waals surface area contributed by atoms with E-state index in [1.807, 2.05) is 0 Å². The summed E-state index contributed by atoms with van der Waals surface area (Å²) >= 11 is 0. The number of rotatable bonds is 9. The van der Waals surface area contributed by atoms with Crippen LogP contribution in [-0.4, -0.2) is 11.8 Å². The molecule has 0 atom stereocenters. The van der Waals surface area contributed by atoms with E-state index in [1.165, 1.54) is 102 Å². The number of unbranched alkanes of at least 4 members (excludes halogenated alkanes) is 6. The molecule has 0 bridgehead atoms. The van der Waals surface area contributed by atoms with E-state index in [0.717, 1.165) is 5.66 Å². The molecule has 1 heteroatoms. The fourth-order valence-electron chi connectivity index (χ4n) is 3.14. The molecule has 1 aliphatic carbocycles. The van der Waals surface area contributed by atoms with Crippen molar-refractivity contribution in [2.24, 2.45) is 0 Å². The summed E-state index contributed by atoms with van der Waals surface area (Å²) in [5.41, 5.74) is 1.05. The summed E-state index contributed by atoms with van der Waals surface area (Å²) in [4.78, 5) is 0. The van der Waals surface area contributed by atoms with Gasteiger partial charge >= 0.3 is 0 Å². The molecule has 1 aliphatic rings. The molecule has 0 aromatic rings. The first-order valence-electron chi connectivity index (χ1n) is 9.10. The molecule has 19 heavy (non-hydrogen) atoms. The van der Waals surface area contributed by atoms with Gasteiger partial charge in [0.15, 0.2) is 0 Å². The van der Waals surface area contributed by atoms with E-state index < -0.39 is 0 Å². The standard InChI is InChI=1S/C18H36P/c1-2-3-4-5-8-11-14-17-19-18-15-12-9-6-7-10-13-16-18/h18H,2-17H2,1H3. The van der Waals surface area contributed by atoms with Crippen LogP contribution in [0.1, 0.15) is 103 Å². The van der Waals surface area contributed by atoms with Crippen molar-refractivity contribution < 1.29 is 0 Å². The fraction of sp³-hybridized carbons (Fsp3) is 1.00. The number of hydrogen-bond donors (Lipinski definition) is 0. The Hall–Kier alpha value is 0.430. The minimum atomic E-state index is 1.05. The lowest BCUT2D eigenvalue weighted by atomic mass is 10.1. The Balaban J connectivity index is 1.91. The summed E-state index contributed by atoms with van der Waals surface area (Å²) in [6.07, 6.45) is 23.8. The summed E-state index contributed by atoms with van der Waals surface area (Å²) in [6.45, 7) is 2.30. The lowest BCUT2D eigenvalue weighted by Gasteiger charge is -2.14. The largest absolute Gasteiger partial charge is 0.0775 e. The quantitative estimate of drug-likeness (QED) is 0.310. The first kappa shape index (κ1) is 17.5. The zero-order chi connectivity index (χ0) is 13.6. The molecular formula is C18H36P. The highest BCUT2D eigenvalue weighted by molar-refractivity contribution is 7.38. The van der Waals surface area contributed by atoms with Gasteiger partial charge in [-0.2, -0.15) is 0 Å². The molecule has 0 amide bonds. The van der Waals surface area contributed by atoms with E-state index in [0.29, 0.717) is 0 Å². The zero-order valence-electron chi connectivity index (χ0n) is 13.3. The molecule has 1 radical (unpaired) electrons. The van der Waals surface area contributed by atoms with Crippen LogP contribution in [-0.2, 0) is 0 Å². The van der Waals surface area contributed by atoms with Gasteiger partial charge in [0.1, 0.15) is 0 Å². The van der Waals surface area contributed by atoms with Crippen LogP contribution >= 0.6 is 8.58 Å². The highest BCUT2D eigenvalue weighted by Crippen LogP contribution is 2.31. The van der Waals surface area contributed by atoms with E-state index in [4.69, 9.17) is 0 Å². The predicted octanol–water partition coefficient (Wildman–Crippen LogP) is 7.19. The molecule has 0 aromatic carbocycles. The third-order valence-corrected chi connectivity index (χ3v) is 6.08. The molecule has 0 saturated heterocycles. The highest BCUT2D eigenvalue weighted by atomic mass is 31.1. The van der Waals surface area contributed by atoms with Crippen LogP contribution in [0.2, 0.25) is 0 Å². The zero-order valence-corrected chi connectivity index (χ0v) is 14.2. The highest BCUT2D eigenvalue weighted by Gasteiger charge is 2.10. The Labute approximate surface area is 124 Å². The van der Waals surface area contributed by atoms with E-state index in [9.17, 15) is 0 Å². The van der Waals surface area contributed by atoms with E-state index in [1.54, 1.807) is 8.58 Å². The van der Waals surface area contributed by atoms with Crippen molar-refractivity contribution in [1.82, 2.24) is 0 Å². The second-order valence-corrected chi connectivity index (χ2v) is 7.92. The summed E-state index contributed by atoms with van der Waals surface area (Å²) in [7, 11) is 1.79. The fourth-order valence-corrected chi connectivity index (χ4v) is 4.64. The van der Waals surface area contributed by atoms with Crippen molar-refractivity contribution in [2.75, 3.05) is 6.16 Å². The van der Waals surface area contributed by atoms with Crippen molar-refractivity contribution >= 4 is 8.58 Å². The van der Waals surface area contributed by atoms with Gasteiger partial charge in [-0.15, -0.1) is 0 Å². The van der Waals surface area contributed by atoms with Crippen molar-refractivity contribution in [2.45, 2.75) is 109 Å². The molecule has 113 valence electrons. The summed E-state index contributed by atoms with van der Waals surface area (Å²) in [6, 6.07) is 0. The number of hydrogen-bond acceptors (Lipinski definition) is 0. The van der Waals surface area contributed by atoms with Crippen LogP contribution in [0.3, 0.4) is 0 Å². The van der Waals surface area contributed by atoms with Crippen LogP contribution in [0, 0.1) is 0 Å². The van der Waals surface area contributed by atoms with Gasteiger partial charge in [-0.05, 0) is 31.1 Å². The Morgan fingerprint density at radius 3 is 1.84 bits per heavy atom. The molecule has 0 heterocycles. The molecule has 0 aliphatic heterocycles. The van der Waals surface area contributed by atoms with Crippen LogP contribution in [0.15, 0.2) is 0 Å². The average molecular weight is 283 g/mol. The van der Waals surface area contributed by atoms with Crippen molar-refractivity contribution in [3.8, 4) is 0 Å². The van der Waals surface area contributed by atoms with Gasteiger partial charge < -0.3 is 0 Å².